The van der Waals surface area contributed by atoms with Crippen LogP contribution in [0.5, 0.6) is 0 Å². The van der Waals surface area contributed by atoms with E-state index in [9.17, 15) is 0 Å². The molecule has 1 aliphatic rings. The minimum absolute atomic E-state index is 0.438. The third-order valence-corrected chi connectivity index (χ3v) is 3.79. The van der Waals surface area contributed by atoms with E-state index in [0.717, 1.165) is 17.8 Å². The highest BCUT2D eigenvalue weighted by Crippen LogP contribution is 2.30. The van der Waals surface area contributed by atoms with E-state index in [1.807, 2.05) is 12.1 Å². The molecular weight excluding hydrogens is 230 g/mol. The quantitative estimate of drug-likeness (QED) is 0.836. The molecule has 1 saturated heterocycles. The van der Waals surface area contributed by atoms with Gasteiger partial charge in [-0.25, -0.2) is 4.98 Å². The van der Waals surface area contributed by atoms with Crippen molar-refractivity contribution >= 4 is 23.0 Å². The second-order valence-corrected chi connectivity index (χ2v) is 5.10. The lowest BCUT2D eigenvalue weighted by molar-refractivity contribution is 0.621. The van der Waals surface area contributed by atoms with E-state index in [0.29, 0.717) is 17.1 Å². The predicted molar refractivity (Wildman–Crippen MR) is 75.4 cm³/mol. The van der Waals surface area contributed by atoms with Crippen molar-refractivity contribution in [3.05, 3.63) is 23.9 Å². The van der Waals surface area contributed by atoms with E-state index < -0.39 is 0 Å². The molecule has 1 aromatic heterocycles. The van der Waals surface area contributed by atoms with Crippen molar-refractivity contribution in [3.8, 4) is 0 Å². The number of hydrogen-bond donors (Lipinski definition) is 1. The van der Waals surface area contributed by atoms with Crippen molar-refractivity contribution in [1.82, 2.24) is 4.98 Å². The molecule has 2 heterocycles. The summed E-state index contributed by atoms with van der Waals surface area (Å²) in [5, 5.41) is 0. The molecule has 0 radical (unpaired) electrons. The number of rotatable bonds is 3. The summed E-state index contributed by atoms with van der Waals surface area (Å²) in [6, 6.07) is 5.02. The molecule has 4 heteroatoms. The lowest BCUT2D eigenvalue weighted by Crippen LogP contribution is -2.35. The normalized spacial score (nSPS) is 24.0. The Bertz CT molecular complexity index is 419. The molecule has 2 unspecified atom stereocenters. The summed E-state index contributed by atoms with van der Waals surface area (Å²) >= 11 is 5.02. The Hall–Kier alpha value is -1.16. The molecule has 0 aromatic carbocycles. The molecule has 1 fully saturated rings. The highest BCUT2D eigenvalue weighted by molar-refractivity contribution is 7.80. The van der Waals surface area contributed by atoms with E-state index >= 15 is 0 Å². The fourth-order valence-electron chi connectivity index (χ4n) is 2.60. The molecule has 0 saturated carbocycles. The molecule has 1 aliphatic heterocycles. The molecule has 92 valence electrons. The van der Waals surface area contributed by atoms with Gasteiger partial charge < -0.3 is 10.6 Å². The van der Waals surface area contributed by atoms with Gasteiger partial charge in [0.05, 0.1) is 0 Å². The molecule has 0 bridgehead atoms. The maximum atomic E-state index is 5.67. The Morgan fingerprint density at radius 3 is 3.00 bits per heavy atom. The lowest BCUT2D eigenvalue weighted by Gasteiger charge is -2.29. The SMILES string of the molecule is CCC1CCC(C)N1c1cc(C(N)=S)ccn1. The number of pyridine rings is 1. The number of hydrogen-bond acceptors (Lipinski definition) is 3. The summed E-state index contributed by atoms with van der Waals surface area (Å²) in [6.07, 6.45) is 5.43. The highest BCUT2D eigenvalue weighted by atomic mass is 32.1. The molecule has 2 rings (SSSR count). The molecule has 17 heavy (non-hydrogen) atoms. The maximum Gasteiger partial charge on any atom is 0.129 e. The van der Waals surface area contributed by atoms with Gasteiger partial charge in [-0.2, -0.15) is 0 Å². The van der Waals surface area contributed by atoms with Crippen LogP contribution in [0.15, 0.2) is 18.3 Å². The van der Waals surface area contributed by atoms with Crippen molar-refractivity contribution in [2.45, 2.75) is 45.2 Å². The molecule has 1 aromatic rings. The summed E-state index contributed by atoms with van der Waals surface area (Å²) in [7, 11) is 0. The van der Waals surface area contributed by atoms with Crippen molar-refractivity contribution in [2.75, 3.05) is 4.90 Å². The second-order valence-electron chi connectivity index (χ2n) is 4.66. The summed E-state index contributed by atoms with van der Waals surface area (Å²) in [5.41, 5.74) is 6.57. The van der Waals surface area contributed by atoms with Crippen LogP contribution in [0.4, 0.5) is 5.82 Å². The zero-order valence-electron chi connectivity index (χ0n) is 10.4. The number of nitrogens with zero attached hydrogens (tertiary/aromatic N) is 2. The topological polar surface area (TPSA) is 42.1 Å². The minimum Gasteiger partial charge on any atom is -0.389 e. The first kappa shape index (κ1) is 12.3. The van der Waals surface area contributed by atoms with E-state index in [-0.39, 0.29) is 0 Å². The summed E-state index contributed by atoms with van der Waals surface area (Å²) in [5.74, 6) is 1.01. The Labute approximate surface area is 108 Å². The predicted octanol–water partition coefficient (Wildman–Crippen LogP) is 2.48. The van der Waals surface area contributed by atoms with Crippen LogP contribution in [0.2, 0.25) is 0 Å². The van der Waals surface area contributed by atoms with E-state index in [1.165, 1.54) is 12.8 Å². The fraction of sp³-hybridized carbons (Fsp3) is 0.538. The summed E-state index contributed by atoms with van der Waals surface area (Å²) in [4.78, 5) is 7.31. The van der Waals surface area contributed by atoms with Gasteiger partial charge in [0, 0.05) is 23.8 Å². The van der Waals surface area contributed by atoms with Crippen LogP contribution in [-0.4, -0.2) is 22.1 Å². The number of anilines is 1. The van der Waals surface area contributed by atoms with Gasteiger partial charge in [-0.3, -0.25) is 0 Å². The third kappa shape index (κ3) is 2.41. The molecule has 2 N–H and O–H groups in total. The van der Waals surface area contributed by atoms with Crippen molar-refractivity contribution in [2.24, 2.45) is 5.73 Å². The minimum atomic E-state index is 0.438. The molecule has 3 nitrogen and oxygen atoms in total. The van der Waals surface area contributed by atoms with Crippen LogP contribution in [0.1, 0.15) is 38.7 Å². The van der Waals surface area contributed by atoms with Crippen molar-refractivity contribution < 1.29 is 0 Å². The van der Waals surface area contributed by atoms with Crippen LogP contribution >= 0.6 is 12.2 Å². The van der Waals surface area contributed by atoms with Gasteiger partial charge >= 0.3 is 0 Å². The largest absolute Gasteiger partial charge is 0.389 e. The Kier molecular flexibility index (Phi) is 3.62. The lowest BCUT2D eigenvalue weighted by atomic mass is 10.1. The number of nitrogens with two attached hydrogens (primary N) is 1. The van der Waals surface area contributed by atoms with Crippen LogP contribution < -0.4 is 10.6 Å². The van der Waals surface area contributed by atoms with Crippen LogP contribution in [-0.2, 0) is 0 Å². The Morgan fingerprint density at radius 2 is 2.35 bits per heavy atom. The zero-order valence-corrected chi connectivity index (χ0v) is 11.2. The Balaban J connectivity index is 2.32. The smallest absolute Gasteiger partial charge is 0.129 e. The molecule has 2 atom stereocenters. The van der Waals surface area contributed by atoms with Crippen LogP contribution in [0.25, 0.3) is 0 Å². The first-order valence-electron chi connectivity index (χ1n) is 6.17. The van der Waals surface area contributed by atoms with E-state index in [1.54, 1.807) is 6.20 Å². The number of thiocarbonyl (C=S) groups is 1. The van der Waals surface area contributed by atoms with Gasteiger partial charge in [0.15, 0.2) is 0 Å². The standard InChI is InChI=1S/C13H19N3S/c1-3-11-5-4-9(2)16(11)12-8-10(13(14)17)6-7-15-12/h6-9,11H,3-5H2,1-2H3,(H2,14,17). The highest BCUT2D eigenvalue weighted by Gasteiger charge is 2.30. The fourth-order valence-corrected chi connectivity index (χ4v) is 2.73. The van der Waals surface area contributed by atoms with Gasteiger partial charge in [-0.05, 0) is 38.3 Å². The molecule has 0 aliphatic carbocycles. The molecular formula is C13H19N3S. The maximum absolute atomic E-state index is 5.67. The van der Waals surface area contributed by atoms with Gasteiger partial charge in [0.1, 0.15) is 10.8 Å². The van der Waals surface area contributed by atoms with Crippen LogP contribution in [0.3, 0.4) is 0 Å². The van der Waals surface area contributed by atoms with E-state index in [4.69, 9.17) is 18.0 Å². The van der Waals surface area contributed by atoms with Crippen LogP contribution in [0, 0.1) is 0 Å². The average molecular weight is 249 g/mol. The molecule has 0 amide bonds. The number of aromatic nitrogens is 1. The first-order valence-corrected chi connectivity index (χ1v) is 6.58. The van der Waals surface area contributed by atoms with Gasteiger partial charge in [-0.1, -0.05) is 19.1 Å². The van der Waals surface area contributed by atoms with Gasteiger partial charge in [0.2, 0.25) is 0 Å². The third-order valence-electron chi connectivity index (χ3n) is 3.55. The first-order chi connectivity index (χ1) is 8.13. The van der Waals surface area contributed by atoms with E-state index in [2.05, 4.69) is 23.7 Å². The second kappa shape index (κ2) is 5.00. The monoisotopic (exact) mass is 249 g/mol. The van der Waals surface area contributed by atoms with Crippen molar-refractivity contribution in [1.29, 1.82) is 0 Å². The Morgan fingerprint density at radius 1 is 1.59 bits per heavy atom. The summed E-state index contributed by atoms with van der Waals surface area (Å²) in [6.45, 7) is 4.48. The summed E-state index contributed by atoms with van der Waals surface area (Å²) < 4.78 is 0. The van der Waals surface area contributed by atoms with Crippen molar-refractivity contribution in [3.63, 3.8) is 0 Å². The van der Waals surface area contributed by atoms with Gasteiger partial charge in [-0.15, -0.1) is 0 Å². The van der Waals surface area contributed by atoms with Gasteiger partial charge in [0.25, 0.3) is 0 Å². The molecule has 0 spiro atoms. The zero-order chi connectivity index (χ0) is 12.4. The average Bonchev–Trinajstić information content (AvgIpc) is 2.70.